The van der Waals surface area contributed by atoms with Crippen molar-refractivity contribution in [3.05, 3.63) is 53.0 Å². The number of piperidine rings is 1. The summed E-state index contributed by atoms with van der Waals surface area (Å²) in [7, 11) is 1.36. The highest BCUT2D eigenvalue weighted by Gasteiger charge is 2.34. The number of hydrogen-bond donors (Lipinski definition) is 2. The van der Waals surface area contributed by atoms with Gasteiger partial charge in [0, 0.05) is 11.2 Å². The van der Waals surface area contributed by atoms with Crippen LogP contribution in [0, 0.1) is 5.92 Å². The topological polar surface area (TPSA) is 115 Å². The largest absolute Gasteiger partial charge is 0.480 e. The van der Waals surface area contributed by atoms with Gasteiger partial charge in [-0.2, -0.15) is 0 Å². The van der Waals surface area contributed by atoms with Gasteiger partial charge in [0.15, 0.2) is 0 Å². The Labute approximate surface area is 189 Å². The minimum absolute atomic E-state index is 0.0197. The molecular weight excluding hydrogens is 428 g/mol. The molecule has 4 rings (SSSR count). The van der Waals surface area contributed by atoms with Crippen LogP contribution < -0.4 is 15.8 Å². The normalized spacial score (nSPS) is 18.4. The van der Waals surface area contributed by atoms with Crippen LogP contribution in [0.3, 0.4) is 0 Å². The van der Waals surface area contributed by atoms with Crippen molar-refractivity contribution in [3.63, 3.8) is 0 Å². The van der Waals surface area contributed by atoms with Crippen molar-refractivity contribution in [2.45, 2.75) is 25.8 Å². The monoisotopic (exact) mass is 452 g/mol. The fraction of sp³-hybridized carbons (Fsp3) is 0.304. The number of thiophene rings is 1. The summed E-state index contributed by atoms with van der Waals surface area (Å²) in [6.45, 7) is 2.56. The summed E-state index contributed by atoms with van der Waals surface area (Å²) < 4.78 is 6.20. The zero-order valence-corrected chi connectivity index (χ0v) is 18.6. The average Bonchev–Trinajstić information content (AvgIpc) is 3.26. The number of hydrogen-bond acceptors (Lipinski definition) is 6. The molecule has 1 saturated heterocycles. The van der Waals surface area contributed by atoms with Crippen LogP contribution in [0.15, 0.2) is 41.9 Å². The molecule has 0 saturated carbocycles. The van der Waals surface area contributed by atoms with Crippen LogP contribution in [0.2, 0.25) is 0 Å². The van der Waals surface area contributed by atoms with Crippen molar-refractivity contribution in [3.8, 4) is 5.88 Å². The second kappa shape index (κ2) is 8.96. The molecule has 1 aromatic carbocycles. The Kier molecular flexibility index (Phi) is 6.09. The average molecular weight is 453 g/mol. The van der Waals surface area contributed by atoms with E-state index in [9.17, 15) is 14.4 Å². The number of aromatic nitrogens is 1. The smallest absolute Gasteiger partial charge is 0.313 e. The molecule has 0 spiro atoms. The van der Waals surface area contributed by atoms with E-state index in [1.807, 2.05) is 11.4 Å². The van der Waals surface area contributed by atoms with Gasteiger partial charge in [0.05, 0.1) is 25.0 Å². The van der Waals surface area contributed by atoms with Crippen molar-refractivity contribution in [2.75, 3.05) is 19.0 Å². The van der Waals surface area contributed by atoms with Crippen molar-refractivity contribution in [1.82, 2.24) is 9.88 Å². The molecule has 0 radical (unpaired) electrons. The molecule has 1 aliphatic heterocycles. The van der Waals surface area contributed by atoms with E-state index in [1.54, 1.807) is 16.2 Å². The van der Waals surface area contributed by atoms with Gasteiger partial charge in [-0.05, 0) is 59.4 Å². The molecule has 3 aromatic rings. The van der Waals surface area contributed by atoms with E-state index < -0.39 is 17.7 Å². The molecule has 1 fully saturated rings. The first kappa shape index (κ1) is 21.8. The molecule has 3 heterocycles. The van der Waals surface area contributed by atoms with Crippen molar-refractivity contribution in [2.24, 2.45) is 11.7 Å². The van der Waals surface area contributed by atoms with E-state index in [0.29, 0.717) is 6.54 Å². The zero-order valence-electron chi connectivity index (χ0n) is 17.8. The van der Waals surface area contributed by atoms with Crippen LogP contribution in [-0.4, -0.2) is 41.3 Å². The summed E-state index contributed by atoms with van der Waals surface area (Å²) in [6, 6.07) is 9.41. The van der Waals surface area contributed by atoms with E-state index in [0.717, 1.165) is 23.8 Å². The number of ether oxygens (including phenoxy) is 1. The summed E-state index contributed by atoms with van der Waals surface area (Å²) in [5.41, 5.74) is 6.58. The Morgan fingerprint density at radius 2 is 2.03 bits per heavy atom. The number of carbonyl (C=O) groups excluding carboxylic acids is 3. The molecule has 3 N–H and O–H groups in total. The number of fused-ring (bicyclic) bond motifs is 1. The Morgan fingerprint density at radius 1 is 1.22 bits per heavy atom. The quantitative estimate of drug-likeness (QED) is 0.589. The maximum absolute atomic E-state index is 13.2. The molecule has 32 heavy (non-hydrogen) atoms. The molecule has 1 aliphatic rings. The summed E-state index contributed by atoms with van der Waals surface area (Å²) in [5, 5.41) is 5.71. The van der Waals surface area contributed by atoms with Crippen LogP contribution in [0.5, 0.6) is 5.88 Å². The summed E-state index contributed by atoms with van der Waals surface area (Å²) in [6.07, 6.45) is 3.07. The van der Waals surface area contributed by atoms with Gasteiger partial charge < -0.3 is 20.7 Å². The van der Waals surface area contributed by atoms with Crippen molar-refractivity contribution >= 4 is 44.8 Å². The number of nitrogens with one attached hydrogen (secondary N) is 1. The first-order chi connectivity index (χ1) is 15.4. The summed E-state index contributed by atoms with van der Waals surface area (Å²) in [5.74, 6) is -1.82. The van der Waals surface area contributed by atoms with E-state index in [4.69, 9.17) is 10.5 Å². The number of carbonyl (C=O) groups is 3. The molecule has 3 amide bonds. The van der Waals surface area contributed by atoms with Gasteiger partial charge in [-0.25, -0.2) is 4.98 Å². The van der Waals surface area contributed by atoms with E-state index in [-0.39, 0.29) is 29.1 Å². The minimum Gasteiger partial charge on any atom is -0.480 e. The molecule has 2 atom stereocenters. The minimum atomic E-state index is -0.789. The third-order valence-electron chi connectivity index (χ3n) is 5.70. The summed E-state index contributed by atoms with van der Waals surface area (Å²) >= 11 is 1.67. The van der Waals surface area contributed by atoms with Gasteiger partial charge in [-0.1, -0.05) is 13.0 Å². The second-order valence-electron chi connectivity index (χ2n) is 7.97. The fourth-order valence-electron chi connectivity index (χ4n) is 4.09. The predicted octanol–water partition coefficient (Wildman–Crippen LogP) is 3.34. The van der Waals surface area contributed by atoms with Crippen LogP contribution in [0.1, 0.15) is 41.7 Å². The van der Waals surface area contributed by atoms with Crippen LogP contribution in [0.4, 0.5) is 5.69 Å². The standard InChI is InChI=1S/C23H24N4O4S/c1-13-3-5-18(14-4-6-19-15(9-14)7-8-32-19)27(12-13)23(30)21(29)26-16-10-17(20(24)28)22(31-2)25-11-16/h4,6-11,13,18H,3,5,12H2,1-2H3,(H2,24,28)(H,26,29)/t13-,18+/m1/s1. The van der Waals surface area contributed by atoms with Crippen LogP contribution >= 0.6 is 11.3 Å². The van der Waals surface area contributed by atoms with E-state index in [1.165, 1.54) is 24.1 Å². The number of anilines is 1. The van der Waals surface area contributed by atoms with Gasteiger partial charge in [0.1, 0.15) is 5.56 Å². The lowest BCUT2D eigenvalue weighted by atomic mass is 9.89. The highest BCUT2D eigenvalue weighted by atomic mass is 32.1. The first-order valence-corrected chi connectivity index (χ1v) is 11.2. The molecule has 0 bridgehead atoms. The maximum atomic E-state index is 13.2. The third-order valence-corrected chi connectivity index (χ3v) is 6.60. The molecule has 0 aliphatic carbocycles. The number of pyridine rings is 1. The second-order valence-corrected chi connectivity index (χ2v) is 8.92. The maximum Gasteiger partial charge on any atom is 0.313 e. The number of nitrogens with zero attached hydrogens (tertiary/aromatic N) is 2. The molecule has 0 unspecified atom stereocenters. The highest BCUT2D eigenvalue weighted by molar-refractivity contribution is 7.17. The van der Waals surface area contributed by atoms with Gasteiger partial charge in [0.2, 0.25) is 5.88 Å². The Hall–Kier alpha value is -3.46. The predicted molar refractivity (Wildman–Crippen MR) is 123 cm³/mol. The zero-order chi connectivity index (χ0) is 22.8. The SMILES string of the molecule is COc1ncc(NC(=O)C(=O)N2C[C@H](C)CC[C@H]2c2ccc3sccc3c2)cc1C(N)=O. The number of nitrogens with two attached hydrogens (primary N) is 1. The van der Waals surface area contributed by atoms with Crippen LogP contribution in [0.25, 0.3) is 10.1 Å². The molecule has 166 valence electrons. The lowest BCUT2D eigenvalue weighted by Crippen LogP contribution is -2.46. The van der Waals surface area contributed by atoms with Gasteiger partial charge >= 0.3 is 11.8 Å². The Bertz CT molecular complexity index is 1190. The van der Waals surface area contributed by atoms with Gasteiger partial charge in [-0.3, -0.25) is 14.4 Å². The summed E-state index contributed by atoms with van der Waals surface area (Å²) in [4.78, 5) is 43.2. The number of rotatable bonds is 4. The lowest BCUT2D eigenvalue weighted by molar-refractivity contribution is -0.146. The lowest BCUT2D eigenvalue weighted by Gasteiger charge is -2.38. The van der Waals surface area contributed by atoms with E-state index >= 15 is 0 Å². The van der Waals surface area contributed by atoms with Gasteiger partial charge in [-0.15, -0.1) is 11.3 Å². The molecular formula is C23H24N4O4S. The van der Waals surface area contributed by atoms with Crippen molar-refractivity contribution in [1.29, 1.82) is 0 Å². The van der Waals surface area contributed by atoms with Crippen LogP contribution in [-0.2, 0) is 9.59 Å². The number of amides is 3. The Morgan fingerprint density at radius 3 is 2.78 bits per heavy atom. The Balaban J connectivity index is 1.57. The number of methoxy groups -OCH3 is 1. The number of benzene rings is 1. The molecule has 8 nitrogen and oxygen atoms in total. The highest BCUT2D eigenvalue weighted by Crippen LogP contribution is 2.35. The molecule has 2 aromatic heterocycles. The van der Waals surface area contributed by atoms with Crippen molar-refractivity contribution < 1.29 is 19.1 Å². The number of likely N-dealkylation sites (tertiary alicyclic amines) is 1. The number of primary amides is 1. The van der Waals surface area contributed by atoms with E-state index in [2.05, 4.69) is 35.4 Å². The first-order valence-electron chi connectivity index (χ1n) is 10.3. The fourth-order valence-corrected chi connectivity index (χ4v) is 4.86. The third kappa shape index (κ3) is 4.29. The van der Waals surface area contributed by atoms with Gasteiger partial charge in [0.25, 0.3) is 5.91 Å². The molecule has 9 heteroatoms.